The van der Waals surface area contributed by atoms with Crippen molar-refractivity contribution in [3.63, 3.8) is 0 Å². The molecule has 1 aliphatic carbocycles. The van der Waals surface area contributed by atoms with Crippen LogP contribution in [0.4, 0.5) is 14.9 Å². The zero-order valence-electron chi connectivity index (χ0n) is 11.4. The zero-order valence-corrected chi connectivity index (χ0v) is 11.4. The molecular formula is C14H19FN2O3. The Hall–Kier alpha value is -1.82. The van der Waals surface area contributed by atoms with E-state index in [9.17, 15) is 14.3 Å². The number of carbonyl (C=O) groups excluding carboxylic acids is 1. The summed E-state index contributed by atoms with van der Waals surface area (Å²) < 4.78 is 18.3. The quantitative estimate of drug-likeness (QED) is 0.796. The molecule has 0 bridgehead atoms. The fraction of sp³-hybridized carbons (Fsp3) is 0.500. The molecule has 110 valence electrons. The fourth-order valence-corrected chi connectivity index (χ4v) is 2.32. The maximum atomic E-state index is 13.5. The number of hydrogen-bond acceptors (Lipinski definition) is 3. The van der Waals surface area contributed by atoms with Gasteiger partial charge in [0, 0.05) is 17.8 Å². The van der Waals surface area contributed by atoms with E-state index in [4.69, 9.17) is 4.74 Å². The maximum Gasteiger partial charge on any atom is 0.319 e. The minimum absolute atomic E-state index is 0.0569. The number of anilines is 1. The summed E-state index contributed by atoms with van der Waals surface area (Å²) in [5.74, 6) is -0.386. The second kappa shape index (κ2) is 6.56. The molecule has 1 aliphatic rings. The number of benzene rings is 1. The van der Waals surface area contributed by atoms with Gasteiger partial charge in [0.15, 0.2) is 11.6 Å². The summed E-state index contributed by atoms with van der Waals surface area (Å²) in [5.41, 5.74) is 0.372. The van der Waals surface area contributed by atoms with Crippen LogP contribution in [0.3, 0.4) is 0 Å². The van der Waals surface area contributed by atoms with Crippen LogP contribution < -0.4 is 15.4 Å². The van der Waals surface area contributed by atoms with Crippen LogP contribution in [0.25, 0.3) is 0 Å². The molecule has 0 heterocycles. The highest BCUT2D eigenvalue weighted by molar-refractivity contribution is 5.89. The van der Waals surface area contributed by atoms with Crippen molar-refractivity contribution in [3.8, 4) is 5.75 Å². The minimum atomic E-state index is -0.522. The third kappa shape index (κ3) is 3.84. The van der Waals surface area contributed by atoms with Gasteiger partial charge >= 0.3 is 6.03 Å². The Morgan fingerprint density at radius 1 is 1.35 bits per heavy atom. The van der Waals surface area contributed by atoms with Crippen LogP contribution in [0.15, 0.2) is 18.2 Å². The van der Waals surface area contributed by atoms with Crippen LogP contribution in [-0.2, 0) is 0 Å². The van der Waals surface area contributed by atoms with Crippen molar-refractivity contribution in [2.24, 2.45) is 0 Å². The summed E-state index contributed by atoms with van der Waals surface area (Å²) in [6.07, 6.45) is 2.65. The van der Waals surface area contributed by atoms with Crippen molar-refractivity contribution in [2.45, 2.75) is 37.8 Å². The van der Waals surface area contributed by atoms with Gasteiger partial charge in [0.25, 0.3) is 0 Å². The number of amides is 2. The molecule has 3 N–H and O–H groups in total. The molecule has 0 radical (unpaired) electrons. The number of rotatable bonds is 3. The number of nitrogens with one attached hydrogen (secondary N) is 2. The van der Waals surface area contributed by atoms with Crippen LogP contribution in [0.5, 0.6) is 5.75 Å². The van der Waals surface area contributed by atoms with Gasteiger partial charge in [0.2, 0.25) is 0 Å². The van der Waals surface area contributed by atoms with Crippen LogP contribution >= 0.6 is 0 Å². The van der Waals surface area contributed by atoms with Crippen LogP contribution in [0.2, 0.25) is 0 Å². The second-order valence-electron chi connectivity index (χ2n) is 4.95. The summed E-state index contributed by atoms with van der Waals surface area (Å²) in [4.78, 5) is 11.8. The molecule has 0 saturated heterocycles. The molecule has 1 aromatic carbocycles. The molecule has 0 atom stereocenters. The standard InChI is InChI=1S/C14H19FN2O3/c1-20-13-7-4-10(8-12(13)15)17-14(19)16-9-2-5-11(18)6-3-9/h4,7-9,11,18H,2-3,5-6H2,1H3,(H2,16,17,19). The number of aliphatic hydroxyl groups excluding tert-OH is 1. The Morgan fingerprint density at radius 3 is 2.65 bits per heavy atom. The van der Waals surface area contributed by atoms with Crippen LogP contribution in [-0.4, -0.2) is 30.4 Å². The van der Waals surface area contributed by atoms with Gasteiger partial charge in [-0.2, -0.15) is 0 Å². The number of ether oxygens (including phenoxy) is 1. The Bertz CT molecular complexity index is 473. The van der Waals surface area contributed by atoms with E-state index in [1.807, 2.05) is 0 Å². The first-order chi connectivity index (χ1) is 9.58. The van der Waals surface area contributed by atoms with E-state index in [1.54, 1.807) is 6.07 Å². The lowest BCUT2D eigenvalue weighted by atomic mass is 9.93. The third-order valence-electron chi connectivity index (χ3n) is 3.44. The van der Waals surface area contributed by atoms with Gasteiger partial charge in [-0.25, -0.2) is 9.18 Å². The predicted octanol–water partition coefficient (Wildman–Crippen LogP) is 2.26. The molecule has 20 heavy (non-hydrogen) atoms. The molecule has 2 amide bonds. The second-order valence-corrected chi connectivity index (χ2v) is 4.95. The first-order valence-electron chi connectivity index (χ1n) is 6.67. The highest BCUT2D eigenvalue weighted by Crippen LogP contribution is 2.21. The largest absolute Gasteiger partial charge is 0.494 e. The minimum Gasteiger partial charge on any atom is -0.494 e. The molecule has 2 rings (SSSR count). The Labute approximate surface area is 117 Å². The number of halogens is 1. The summed E-state index contributed by atoms with van der Waals surface area (Å²) in [5, 5.41) is 14.8. The summed E-state index contributed by atoms with van der Waals surface area (Å²) in [7, 11) is 1.38. The van der Waals surface area contributed by atoms with Crippen molar-refractivity contribution in [1.29, 1.82) is 0 Å². The topological polar surface area (TPSA) is 70.6 Å². The molecule has 6 heteroatoms. The third-order valence-corrected chi connectivity index (χ3v) is 3.44. The van der Waals surface area contributed by atoms with Crippen molar-refractivity contribution in [2.75, 3.05) is 12.4 Å². The van der Waals surface area contributed by atoms with E-state index in [-0.39, 0.29) is 23.9 Å². The monoisotopic (exact) mass is 282 g/mol. The number of hydrogen-bond donors (Lipinski definition) is 3. The molecule has 1 fully saturated rings. The SMILES string of the molecule is COc1ccc(NC(=O)NC2CCC(O)CC2)cc1F. The van der Waals surface area contributed by atoms with Gasteiger partial charge in [0.05, 0.1) is 13.2 Å². The van der Waals surface area contributed by atoms with Gasteiger partial charge in [0.1, 0.15) is 0 Å². The highest BCUT2D eigenvalue weighted by atomic mass is 19.1. The number of aliphatic hydroxyl groups is 1. The lowest BCUT2D eigenvalue weighted by Gasteiger charge is -2.26. The lowest BCUT2D eigenvalue weighted by Crippen LogP contribution is -2.40. The summed E-state index contributed by atoms with van der Waals surface area (Å²) >= 11 is 0. The highest BCUT2D eigenvalue weighted by Gasteiger charge is 2.20. The molecular weight excluding hydrogens is 263 g/mol. The molecule has 0 spiro atoms. The predicted molar refractivity (Wildman–Crippen MR) is 73.4 cm³/mol. The van der Waals surface area contributed by atoms with Crippen LogP contribution in [0.1, 0.15) is 25.7 Å². The smallest absolute Gasteiger partial charge is 0.319 e. The Balaban J connectivity index is 1.86. The molecule has 1 aromatic rings. The van der Waals surface area contributed by atoms with Gasteiger partial charge in [-0.05, 0) is 37.8 Å². The van der Waals surface area contributed by atoms with Gasteiger partial charge in [-0.15, -0.1) is 0 Å². The Kier molecular flexibility index (Phi) is 4.79. The lowest BCUT2D eigenvalue weighted by molar-refractivity contribution is 0.118. The summed E-state index contributed by atoms with van der Waals surface area (Å²) in [6.45, 7) is 0. The molecule has 5 nitrogen and oxygen atoms in total. The normalized spacial score (nSPS) is 22.1. The molecule has 0 unspecified atom stereocenters. The first-order valence-corrected chi connectivity index (χ1v) is 6.67. The summed E-state index contributed by atoms with van der Waals surface area (Å²) in [6, 6.07) is 3.94. The first kappa shape index (κ1) is 14.6. The average Bonchev–Trinajstić information content (AvgIpc) is 2.41. The van der Waals surface area contributed by atoms with Gasteiger partial charge in [-0.1, -0.05) is 0 Å². The van der Waals surface area contributed by atoms with E-state index in [0.717, 1.165) is 12.8 Å². The average molecular weight is 282 g/mol. The van der Waals surface area contributed by atoms with E-state index in [1.165, 1.54) is 19.2 Å². The molecule has 0 aliphatic heterocycles. The van der Waals surface area contributed by atoms with E-state index >= 15 is 0 Å². The van der Waals surface area contributed by atoms with E-state index in [0.29, 0.717) is 18.5 Å². The zero-order chi connectivity index (χ0) is 14.5. The van der Waals surface area contributed by atoms with Crippen molar-refractivity contribution in [3.05, 3.63) is 24.0 Å². The van der Waals surface area contributed by atoms with Gasteiger partial charge < -0.3 is 20.5 Å². The number of methoxy groups -OCH3 is 1. The molecule has 1 saturated carbocycles. The number of urea groups is 1. The van der Waals surface area contributed by atoms with Gasteiger partial charge in [-0.3, -0.25) is 0 Å². The number of carbonyl (C=O) groups is 1. The van der Waals surface area contributed by atoms with E-state index in [2.05, 4.69) is 10.6 Å². The van der Waals surface area contributed by atoms with Crippen molar-refractivity contribution < 1.29 is 19.0 Å². The fourth-order valence-electron chi connectivity index (χ4n) is 2.32. The molecule has 0 aromatic heterocycles. The van der Waals surface area contributed by atoms with Crippen molar-refractivity contribution in [1.82, 2.24) is 5.32 Å². The maximum absolute atomic E-state index is 13.5. The van der Waals surface area contributed by atoms with Crippen molar-refractivity contribution >= 4 is 11.7 Å². The van der Waals surface area contributed by atoms with Crippen LogP contribution in [0, 0.1) is 5.82 Å². The van der Waals surface area contributed by atoms with E-state index < -0.39 is 5.82 Å². The Morgan fingerprint density at radius 2 is 2.05 bits per heavy atom.